The van der Waals surface area contributed by atoms with Crippen molar-refractivity contribution in [3.8, 4) is 11.5 Å². The van der Waals surface area contributed by atoms with E-state index < -0.39 is 10.0 Å². The predicted octanol–water partition coefficient (Wildman–Crippen LogP) is 4.59. The monoisotopic (exact) mass is 466 g/mol. The molecule has 0 bridgehead atoms. The Morgan fingerprint density at radius 2 is 1.45 bits per heavy atom. The van der Waals surface area contributed by atoms with Gasteiger partial charge in [-0.25, -0.2) is 13.4 Å². The molecule has 3 aromatic carbocycles. The minimum Gasteiger partial charge on any atom is -0.494 e. The molecule has 0 aliphatic carbocycles. The summed E-state index contributed by atoms with van der Waals surface area (Å²) in [4.78, 5) is 6.78. The highest BCUT2D eigenvalue weighted by Crippen LogP contribution is 2.41. The Labute approximate surface area is 193 Å². The number of nitrogens with one attached hydrogen (secondary N) is 2. The van der Waals surface area contributed by atoms with Crippen LogP contribution in [0.25, 0.3) is 21.8 Å². The number of pyridine rings is 1. The lowest BCUT2D eigenvalue weighted by atomic mass is 10.1. The van der Waals surface area contributed by atoms with Gasteiger partial charge in [0.25, 0.3) is 0 Å². The van der Waals surface area contributed by atoms with E-state index in [9.17, 15) is 8.42 Å². The lowest BCUT2D eigenvalue weighted by Crippen LogP contribution is -2.14. The number of aromatic nitrogens is 1. The first-order valence-corrected chi connectivity index (χ1v) is 12.1. The van der Waals surface area contributed by atoms with E-state index in [4.69, 9.17) is 14.5 Å². The van der Waals surface area contributed by atoms with Crippen LogP contribution in [-0.2, 0) is 10.0 Å². The van der Waals surface area contributed by atoms with E-state index in [1.165, 1.54) is 0 Å². The summed E-state index contributed by atoms with van der Waals surface area (Å²) in [6, 6.07) is 16.9. The first-order valence-electron chi connectivity index (χ1n) is 10.2. The van der Waals surface area contributed by atoms with Gasteiger partial charge in [-0.15, -0.1) is 0 Å². The van der Waals surface area contributed by atoms with E-state index in [2.05, 4.69) is 10.0 Å². The summed E-state index contributed by atoms with van der Waals surface area (Å²) in [6.07, 6.45) is 1.13. The van der Waals surface area contributed by atoms with Crippen LogP contribution in [-0.4, -0.2) is 48.0 Å². The van der Waals surface area contributed by atoms with Gasteiger partial charge in [-0.05, 0) is 30.3 Å². The van der Waals surface area contributed by atoms with Gasteiger partial charge in [0.05, 0.1) is 43.2 Å². The zero-order chi connectivity index (χ0) is 23.8. The Morgan fingerprint density at radius 1 is 0.879 bits per heavy atom. The van der Waals surface area contributed by atoms with Crippen molar-refractivity contribution >= 4 is 54.6 Å². The molecule has 2 N–H and O–H groups in total. The van der Waals surface area contributed by atoms with Gasteiger partial charge < -0.3 is 19.7 Å². The zero-order valence-electron chi connectivity index (χ0n) is 19.1. The molecule has 0 amide bonds. The molecule has 0 saturated heterocycles. The molecular formula is C24H26N4O4S. The molecule has 8 nitrogen and oxygen atoms in total. The largest absolute Gasteiger partial charge is 0.494 e. The Morgan fingerprint density at radius 3 is 1.94 bits per heavy atom. The Balaban J connectivity index is 1.96. The van der Waals surface area contributed by atoms with Crippen molar-refractivity contribution in [2.24, 2.45) is 0 Å². The summed E-state index contributed by atoms with van der Waals surface area (Å²) >= 11 is 0. The number of fused-ring (bicyclic) bond motifs is 2. The van der Waals surface area contributed by atoms with Gasteiger partial charge in [-0.2, -0.15) is 0 Å². The fourth-order valence-electron chi connectivity index (χ4n) is 3.82. The number of sulfonamides is 1. The van der Waals surface area contributed by atoms with E-state index >= 15 is 0 Å². The van der Waals surface area contributed by atoms with Crippen LogP contribution in [0.4, 0.5) is 22.7 Å². The maximum Gasteiger partial charge on any atom is 0.229 e. The maximum absolute atomic E-state index is 11.7. The highest BCUT2D eigenvalue weighted by atomic mass is 32.2. The van der Waals surface area contributed by atoms with Gasteiger partial charge in [0, 0.05) is 24.9 Å². The van der Waals surface area contributed by atoms with Gasteiger partial charge in [-0.3, -0.25) is 4.72 Å². The summed E-state index contributed by atoms with van der Waals surface area (Å²) in [5.41, 5.74) is 4.37. The van der Waals surface area contributed by atoms with Gasteiger partial charge in [0.1, 0.15) is 22.5 Å². The van der Waals surface area contributed by atoms with Crippen molar-refractivity contribution in [3.63, 3.8) is 0 Å². The van der Waals surface area contributed by atoms with E-state index in [-0.39, 0.29) is 0 Å². The van der Waals surface area contributed by atoms with Crippen molar-refractivity contribution in [1.82, 2.24) is 4.98 Å². The third-order valence-electron chi connectivity index (χ3n) is 5.24. The summed E-state index contributed by atoms with van der Waals surface area (Å²) in [7, 11) is 3.65. The lowest BCUT2D eigenvalue weighted by molar-refractivity contribution is 0.417. The molecule has 1 aromatic heterocycles. The lowest BCUT2D eigenvalue weighted by Gasteiger charge is -2.22. The van der Waals surface area contributed by atoms with Crippen molar-refractivity contribution in [1.29, 1.82) is 0 Å². The number of nitrogens with zero attached hydrogens (tertiary/aromatic N) is 2. The molecule has 1 heterocycles. The molecule has 33 heavy (non-hydrogen) atoms. The molecule has 0 saturated carbocycles. The molecule has 0 aliphatic rings. The number of para-hydroxylation sites is 2. The highest BCUT2D eigenvalue weighted by Gasteiger charge is 2.17. The number of rotatable bonds is 7. The van der Waals surface area contributed by atoms with E-state index in [0.29, 0.717) is 28.2 Å². The molecule has 172 valence electrons. The average molecular weight is 467 g/mol. The molecule has 0 spiro atoms. The van der Waals surface area contributed by atoms with Crippen molar-refractivity contribution in [2.75, 3.05) is 49.5 Å². The second-order valence-electron chi connectivity index (χ2n) is 7.83. The average Bonchev–Trinajstić information content (AvgIpc) is 2.77. The predicted molar refractivity (Wildman–Crippen MR) is 135 cm³/mol. The van der Waals surface area contributed by atoms with E-state index in [1.54, 1.807) is 26.4 Å². The van der Waals surface area contributed by atoms with Crippen LogP contribution in [0.3, 0.4) is 0 Å². The molecule has 4 rings (SSSR count). The smallest absolute Gasteiger partial charge is 0.229 e. The number of methoxy groups -OCH3 is 2. The van der Waals surface area contributed by atoms with Crippen LogP contribution >= 0.6 is 0 Å². The van der Waals surface area contributed by atoms with Crippen LogP contribution in [0.2, 0.25) is 0 Å². The third-order valence-corrected chi connectivity index (χ3v) is 5.85. The summed E-state index contributed by atoms with van der Waals surface area (Å²) < 4.78 is 37.1. The number of benzene rings is 3. The van der Waals surface area contributed by atoms with Gasteiger partial charge in [-0.1, -0.05) is 24.3 Å². The van der Waals surface area contributed by atoms with Gasteiger partial charge in [0.2, 0.25) is 10.0 Å². The molecule has 0 atom stereocenters. The third kappa shape index (κ3) is 4.45. The topological polar surface area (TPSA) is 92.8 Å². The Kier molecular flexibility index (Phi) is 5.90. The van der Waals surface area contributed by atoms with Crippen LogP contribution in [0.5, 0.6) is 11.5 Å². The minimum atomic E-state index is -3.39. The molecule has 0 fully saturated rings. The normalized spacial score (nSPS) is 11.4. The van der Waals surface area contributed by atoms with E-state index in [1.807, 2.05) is 61.5 Å². The fraction of sp³-hybridized carbons (Fsp3) is 0.208. The van der Waals surface area contributed by atoms with Crippen LogP contribution < -0.4 is 24.4 Å². The van der Waals surface area contributed by atoms with Crippen LogP contribution in [0.15, 0.2) is 54.6 Å². The van der Waals surface area contributed by atoms with Crippen LogP contribution in [0.1, 0.15) is 0 Å². The quantitative estimate of drug-likeness (QED) is 0.385. The minimum absolute atomic E-state index is 0.486. The summed E-state index contributed by atoms with van der Waals surface area (Å²) in [5, 5.41) is 5.34. The first-order chi connectivity index (χ1) is 15.7. The standard InChI is InChI=1S/C24H26N4O4S/c1-28(2)19-14-15(27-33(5,29)30)12-13-18(19)25-22-16-8-6-10-20(31-3)23(16)26-24-17(22)9-7-11-21(24)32-4/h6-14,27H,1-5H3,(H,25,26). The van der Waals surface area contributed by atoms with Crippen molar-refractivity contribution in [2.45, 2.75) is 0 Å². The number of hydrogen-bond acceptors (Lipinski definition) is 7. The first kappa shape index (κ1) is 22.5. The molecule has 4 aromatic rings. The molecule has 0 radical (unpaired) electrons. The number of ether oxygens (including phenoxy) is 2. The highest BCUT2D eigenvalue weighted by molar-refractivity contribution is 7.92. The SMILES string of the molecule is COc1cccc2c(Nc3ccc(NS(C)(=O)=O)cc3N(C)C)c3cccc(OC)c3nc12. The molecular weight excluding hydrogens is 440 g/mol. The zero-order valence-corrected chi connectivity index (χ0v) is 19.9. The van der Waals surface area contributed by atoms with E-state index in [0.717, 1.165) is 34.1 Å². The Hall–Kier alpha value is -3.72. The molecule has 9 heteroatoms. The van der Waals surface area contributed by atoms with Crippen LogP contribution in [0, 0.1) is 0 Å². The maximum atomic E-state index is 11.7. The van der Waals surface area contributed by atoms with Gasteiger partial charge >= 0.3 is 0 Å². The second kappa shape index (κ2) is 8.67. The van der Waals surface area contributed by atoms with Gasteiger partial charge in [0.15, 0.2) is 0 Å². The molecule has 0 unspecified atom stereocenters. The Bertz CT molecular complexity index is 1390. The second-order valence-corrected chi connectivity index (χ2v) is 9.57. The summed E-state index contributed by atoms with van der Waals surface area (Å²) in [5.74, 6) is 1.31. The number of anilines is 4. The summed E-state index contributed by atoms with van der Waals surface area (Å²) in [6.45, 7) is 0. The van der Waals surface area contributed by atoms with Crippen molar-refractivity contribution < 1.29 is 17.9 Å². The fourth-order valence-corrected chi connectivity index (χ4v) is 4.37. The molecule has 0 aliphatic heterocycles. The van der Waals surface area contributed by atoms with Crippen molar-refractivity contribution in [3.05, 3.63) is 54.6 Å². The number of hydrogen-bond donors (Lipinski definition) is 2.